The van der Waals surface area contributed by atoms with Crippen molar-refractivity contribution in [1.82, 2.24) is 15.1 Å². The van der Waals surface area contributed by atoms with Crippen LogP contribution >= 0.6 is 0 Å². The third-order valence-corrected chi connectivity index (χ3v) is 2.90. The predicted octanol–water partition coefficient (Wildman–Crippen LogP) is 0.727. The normalized spacial score (nSPS) is 15.2. The summed E-state index contributed by atoms with van der Waals surface area (Å²) in [5.41, 5.74) is 2.68. The van der Waals surface area contributed by atoms with Crippen molar-refractivity contribution in [3.8, 4) is 0 Å². The molecule has 0 saturated heterocycles. The number of aryl methyl sites for hydroxylation is 2. The van der Waals surface area contributed by atoms with Gasteiger partial charge in [-0.1, -0.05) is 0 Å². The van der Waals surface area contributed by atoms with Gasteiger partial charge in [0.05, 0.1) is 23.6 Å². The molecule has 0 atom stereocenters. The van der Waals surface area contributed by atoms with E-state index in [2.05, 4.69) is 15.7 Å². The maximum absolute atomic E-state index is 11.6. The third-order valence-electron chi connectivity index (χ3n) is 2.90. The molecule has 2 N–H and O–H groups in total. The largest absolute Gasteiger partial charge is 0.322 e. The second-order valence-corrected chi connectivity index (χ2v) is 4.37. The maximum Gasteiger partial charge on any atom is 0.238 e. The van der Waals surface area contributed by atoms with Gasteiger partial charge in [0, 0.05) is 13.1 Å². The molecule has 1 saturated carbocycles. The lowest BCUT2D eigenvalue weighted by atomic mass is 10.3. The van der Waals surface area contributed by atoms with Gasteiger partial charge >= 0.3 is 0 Å². The van der Waals surface area contributed by atoms with Gasteiger partial charge in [-0.05, 0) is 26.7 Å². The fourth-order valence-corrected chi connectivity index (χ4v) is 1.66. The Morgan fingerprint density at radius 2 is 2.19 bits per heavy atom. The molecule has 16 heavy (non-hydrogen) atoms. The second-order valence-electron chi connectivity index (χ2n) is 4.37. The van der Waals surface area contributed by atoms with Crippen molar-refractivity contribution in [3.05, 3.63) is 11.4 Å². The van der Waals surface area contributed by atoms with Crippen LogP contribution in [0.1, 0.15) is 24.2 Å². The first-order valence-corrected chi connectivity index (χ1v) is 5.61. The number of rotatable bonds is 4. The smallest absolute Gasteiger partial charge is 0.238 e. The Balaban J connectivity index is 1.93. The van der Waals surface area contributed by atoms with E-state index in [0.717, 1.165) is 17.1 Å². The first-order valence-electron chi connectivity index (χ1n) is 5.61. The summed E-state index contributed by atoms with van der Waals surface area (Å²) in [6, 6.07) is 0.557. The van der Waals surface area contributed by atoms with Gasteiger partial charge in [-0.3, -0.25) is 9.48 Å². The van der Waals surface area contributed by atoms with Gasteiger partial charge in [-0.25, -0.2) is 0 Å². The number of carbonyl (C=O) groups is 1. The van der Waals surface area contributed by atoms with Crippen molar-refractivity contribution in [3.63, 3.8) is 0 Å². The summed E-state index contributed by atoms with van der Waals surface area (Å²) < 4.78 is 1.78. The van der Waals surface area contributed by atoms with E-state index in [9.17, 15) is 4.79 Å². The van der Waals surface area contributed by atoms with Crippen LogP contribution in [-0.2, 0) is 11.8 Å². The highest BCUT2D eigenvalue weighted by Crippen LogP contribution is 2.19. The van der Waals surface area contributed by atoms with Crippen LogP contribution in [0.25, 0.3) is 0 Å². The van der Waals surface area contributed by atoms with Gasteiger partial charge in [-0.15, -0.1) is 0 Å². The lowest BCUT2D eigenvalue weighted by Crippen LogP contribution is -2.29. The van der Waals surface area contributed by atoms with E-state index in [0.29, 0.717) is 12.6 Å². The number of amides is 1. The fourth-order valence-electron chi connectivity index (χ4n) is 1.66. The molecule has 1 aliphatic rings. The van der Waals surface area contributed by atoms with Crippen LogP contribution in [0.15, 0.2) is 0 Å². The molecule has 1 aliphatic carbocycles. The summed E-state index contributed by atoms with van der Waals surface area (Å²) in [7, 11) is 1.88. The molecule has 0 spiro atoms. The van der Waals surface area contributed by atoms with Gasteiger partial charge in [0.1, 0.15) is 0 Å². The maximum atomic E-state index is 11.6. The van der Waals surface area contributed by atoms with Crippen LogP contribution in [0, 0.1) is 13.8 Å². The molecule has 2 rings (SSSR count). The molecule has 1 fully saturated rings. The third kappa shape index (κ3) is 2.41. The number of anilines is 1. The second kappa shape index (κ2) is 4.25. The van der Waals surface area contributed by atoms with Gasteiger partial charge < -0.3 is 10.6 Å². The first-order chi connectivity index (χ1) is 7.58. The molecule has 0 aromatic carbocycles. The summed E-state index contributed by atoms with van der Waals surface area (Å²) in [6.07, 6.45) is 2.39. The number of carbonyl (C=O) groups excluding carboxylic acids is 1. The van der Waals surface area contributed by atoms with Crippen molar-refractivity contribution in [1.29, 1.82) is 0 Å². The van der Waals surface area contributed by atoms with Gasteiger partial charge in [-0.2, -0.15) is 5.10 Å². The Morgan fingerprint density at radius 3 is 2.69 bits per heavy atom. The van der Waals surface area contributed by atoms with E-state index >= 15 is 0 Å². The summed E-state index contributed by atoms with van der Waals surface area (Å²) >= 11 is 0. The molecule has 1 aromatic heterocycles. The van der Waals surface area contributed by atoms with Gasteiger partial charge in [0.15, 0.2) is 0 Å². The van der Waals surface area contributed by atoms with E-state index in [-0.39, 0.29) is 5.91 Å². The van der Waals surface area contributed by atoms with E-state index in [1.807, 2.05) is 20.9 Å². The zero-order chi connectivity index (χ0) is 11.7. The minimum absolute atomic E-state index is 0.00565. The van der Waals surface area contributed by atoms with E-state index < -0.39 is 0 Å². The number of hydrogen-bond acceptors (Lipinski definition) is 3. The molecule has 0 unspecified atom stereocenters. The zero-order valence-corrected chi connectivity index (χ0v) is 10.0. The Hall–Kier alpha value is -1.36. The van der Waals surface area contributed by atoms with Crippen molar-refractivity contribution >= 4 is 11.6 Å². The standard InChI is InChI=1S/C11H18N4O/c1-7-11(8(2)15(3)14-7)13-10(16)6-12-9-4-5-9/h9,12H,4-6H2,1-3H3,(H,13,16). The molecule has 1 amide bonds. The Morgan fingerprint density at radius 1 is 1.50 bits per heavy atom. The van der Waals surface area contributed by atoms with Crippen LogP contribution in [0.4, 0.5) is 5.69 Å². The number of aromatic nitrogens is 2. The van der Waals surface area contributed by atoms with E-state index in [1.54, 1.807) is 4.68 Å². The van der Waals surface area contributed by atoms with Gasteiger partial charge in [0.25, 0.3) is 0 Å². The minimum Gasteiger partial charge on any atom is -0.322 e. The topological polar surface area (TPSA) is 59.0 Å². The summed E-state index contributed by atoms with van der Waals surface area (Å²) in [4.78, 5) is 11.6. The monoisotopic (exact) mass is 222 g/mol. The molecule has 1 aromatic rings. The molecule has 88 valence electrons. The summed E-state index contributed by atoms with van der Waals surface area (Å²) in [6.45, 7) is 4.24. The lowest BCUT2D eigenvalue weighted by Gasteiger charge is -2.06. The highest BCUT2D eigenvalue weighted by Gasteiger charge is 2.21. The molecular formula is C11H18N4O. The first kappa shape index (κ1) is 11.1. The molecular weight excluding hydrogens is 204 g/mol. The molecule has 0 bridgehead atoms. The quantitative estimate of drug-likeness (QED) is 0.789. The predicted molar refractivity (Wildman–Crippen MR) is 62.3 cm³/mol. The fraction of sp³-hybridized carbons (Fsp3) is 0.636. The lowest BCUT2D eigenvalue weighted by molar-refractivity contribution is -0.115. The van der Waals surface area contributed by atoms with Crippen LogP contribution < -0.4 is 10.6 Å². The van der Waals surface area contributed by atoms with Crippen molar-refractivity contribution in [2.75, 3.05) is 11.9 Å². The van der Waals surface area contributed by atoms with Crippen molar-refractivity contribution in [2.45, 2.75) is 32.7 Å². The summed E-state index contributed by atoms with van der Waals surface area (Å²) in [5.74, 6) is 0.00565. The zero-order valence-electron chi connectivity index (χ0n) is 10.0. The minimum atomic E-state index is 0.00565. The van der Waals surface area contributed by atoms with Crippen molar-refractivity contribution < 1.29 is 4.79 Å². The Labute approximate surface area is 95.2 Å². The van der Waals surface area contributed by atoms with E-state index in [4.69, 9.17) is 0 Å². The van der Waals surface area contributed by atoms with Crippen LogP contribution in [0.3, 0.4) is 0 Å². The Bertz CT molecular complexity index is 406. The van der Waals surface area contributed by atoms with Crippen LogP contribution in [-0.4, -0.2) is 28.3 Å². The average molecular weight is 222 g/mol. The average Bonchev–Trinajstić information content (AvgIpc) is 3.01. The van der Waals surface area contributed by atoms with Gasteiger partial charge in [0.2, 0.25) is 5.91 Å². The molecule has 0 aliphatic heterocycles. The summed E-state index contributed by atoms with van der Waals surface area (Å²) in [5, 5.41) is 10.3. The van der Waals surface area contributed by atoms with E-state index in [1.165, 1.54) is 12.8 Å². The van der Waals surface area contributed by atoms with Crippen LogP contribution in [0.5, 0.6) is 0 Å². The molecule has 0 radical (unpaired) electrons. The number of nitrogens with one attached hydrogen (secondary N) is 2. The van der Waals surface area contributed by atoms with Crippen LogP contribution in [0.2, 0.25) is 0 Å². The highest BCUT2D eigenvalue weighted by molar-refractivity contribution is 5.93. The Kier molecular flexibility index (Phi) is 2.96. The molecule has 5 nitrogen and oxygen atoms in total. The van der Waals surface area contributed by atoms with Crippen molar-refractivity contribution in [2.24, 2.45) is 7.05 Å². The SMILES string of the molecule is Cc1nn(C)c(C)c1NC(=O)CNC1CC1. The number of hydrogen-bond donors (Lipinski definition) is 2. The molecule has 5 heteroatoms. The molecule has 1 heterocycles. The number of nitrogens with zero attached hydrogens (tertiary/aromatic N) is 2. The highest BCUT2D eigenvalue weighted by atomic mass is 16.1.